The number of amides is 1. The van der Waals surface area contributed by atoms with E-state index in [-0.39, 0.29) is 11.9 Å². The summed E-state index contributed by atoms with van der Waals surface area (Å²) in [7, 11) is 1.62. The van der Waals surface area contributed by atoms with E-state index in [2.05, 4.69) is 15.5 Å². The first-order valence-electron chi connectivity index (χ1n) is 9.27. The molecule has 1 N–H and O–H groups in total. The van der Waals surface area contributed by atoms with Gasteiger partial charge in [0.25, 0.3) is 0 Å². The summed E-state index contributed by atoms with van der Waals surface area (Å²) in [6.45, 7) is 1.36. The Morgan fingerprint density at radius 2 is 1.96 bits per heavy atom. The fraction of sp³-hybridized carbons (Fsp3) is 0.286. The molecule has 1 amide bonds. The summed E-state index contributed by atoms with van der Waals surface area (Å²) in [6.07, 6.45) is 1.27. The van der Waals surface area contributed by atoms with E-state index >= 15 is 0 Å². The van der Waals surface area contributed by atoms with E-state index in [9.17, 15) is 4.79 Å². The Kier molecular flexibility index (Phi) is 5.23. The Labute approximate surface area is 163 Å². The third-order valence-electron chi connectivity index (χ3n) is 4.83. The van der Waals surface area contributed by atoms with Crippen LogP contribution in [-0.4, -0.2) is 47.2 Å². The van der Waals surface area contributed by atoms with Crippen molar-refractivity contribution in [1.82, 2.24) is 15.1 Å². The number of aromatic nitrogens is 2. The minimum absolute atomic E-state index is 0.101. The molecular weight excluding hydrogens is 356 g/mol. The summed E-state index contributed by atoms with van der Waals surface area (Å²) in [5.41, 5.74) is 1.86. The highest BCUT2D eigenvalue weighted by Crippen LogP contribution is 2.23. The van der Waals surface area contributed by atoms with Gasteiger partial charge >= 0.3 is 6.01 Å². The van der Waals surface area contributed by atoms with Crippen LogP contribution in [-0.2, 0) is 11.2 Å². The Bertz CT molecular complexity index is 924. The highest BCUT2D eigenvalue weighted by Gasteiger charge is 2.27. The molecule has 28 heavy (non-hydrogen) atoms. The fourth-order valence-electron chi connectivity index (χ4n) is 3.29. The van der Waals surface area contributed by atoms with Crippen LogP contribution in [0.25, 0.3) is 11.5 Å². The number of likely N-dealkylation sites (tertiary alicyclic amines) is 1. The van der Waals surface area contributed by atoms with Crippen molar-refractivity contribution in [2.45, 2.75) is 18.9 Å². The van der Waals surface area contributed by atoms with Crippen LogP contribution in [0.1, 0.15) is 12.0 Å². The number of nitrogens with zero attached hydrogens (tertiary/aromatic N) is 3. The molecular formula is C21H22N4O3. The van der Waals surface area contributed by atoms with Crippen molar-refractivity contribution in [3.05, 3.63) is 60.2 Å². The minimum atomic E-state index is 0.101. The maximum Gasteiger partial charge on any atom is 0.316 e. The number of hydrogen-bond donors (Lipinski definition) is 1. The summed E-state index contributed by atoms with van der Waals surface area (Å²) in [5, 5.41) is 11.4. The minimum Gasteiger partial charge on any atom is -0.497 e. The summed E-state index contributed by atoms with van der Waals surface area (Å²) in [4.78, 5) is 14.4. The second-order valence-electron chi connectivity index (χ2n) is 6.77. The molecule has 4 rings (SSSR count). The van der Waals surface area contributed by atoms with Crippen molar-refractivity contribution in [3.8, 4) is 17.2 Å². The van der Waals surface area contributed by atoms with Crippen molar-refractivity contribution in [1.29, 1.82) is 0 Å². The van der Waals surface area contributed by atoms with Gasteiger partial charge in [-0.3, -0.25) is 4.79 Å². The smallest absolute Gasteiger partial charge is 0.316 e. The van der Waals surface area contributed by atoms with E-state index in [0.29, 0.717) is 24.9 Å². The Balaban J connectivity index is 1.33. The SMILES string of the molecule is COc1ccc(-c2nnc(NC3CCN(C(=O)Cc4ccccc4)C3)o2)cc1. The second kappa shape index (κ2) is 8.12. The van der Waals surface area contributed by atoms with Gasteiger partial charge in [-0.2, -0.15) is 0 Å². The largest absolute Gasteiger partial charge is 0.497 e. The lowest BCUT2D eigenvalue weighted by Gasteiger charge is -2.16. The maximum atomic E-state index is 12.5. The number of carbonyl (C=O) groups excluding carboxylic acids is 1. The molecule has 3 aromatic rings. The molecule has 0 bridgehead atoms. The lowest BCUT2D eigenvalue weighted by molar-refractivity contribution is -0.129. The lowest BCUT2D eigenvalue weighted by Crippen LogP contribution is -2.32. The molecule has 0 spiro atoms. The van der Waals surface area contributed by atoms with Gasteiger partial charge < -0.3 is 19.4 Å². The van der Waals surface area contributed by atoms with Crippen molar-refractivity contribution in [3.63, 3.8) is 0 Å². The van der Waals surface area contributed by atoms with E-state index in [1.54, 1.807) is 7.11 Å². The predicted octanol–water partition coefficient (Wildman–Crippen LogP) is 3.00. The number of rotatable bonds is 6. The van der Waals surface area contributed by atoms with Gasteiger partial charge in [-0.05, 0) is 36.2 Å². The van der Waals surface area contributed by atoms with Crippen LogP contribution < -0.4 is 10.1 Å². The molecule has 1 aliphatic heterocycles. The molecule has 7 nitrogen and oxygen atoms in total. The monoisotopic (exact) mass is 378 g/mol. The molecule has 1 saturated heterocycles. The third-order valence-corrected chi connectivity index (χ3v) is 4.83. The normalized spacial score (nSPS) is 16.2. The molecule has 2 heterocycles. The molecule has 0 saturated carbocycles. The van der Waals surface area contributed by atoms with Crippen molar-refractivity contribution in [2.75, 3.05) is 25.5 Å². The lowest BCUT2D eigenvalue weighted by atomic mass is 10.1. The fourth-order valence-corrected chi connectivity index (χ4v) is 3.29. The molecule has 1 aromatic heterocycles. The van der Waals surface area contributed by atoms with Crippen molar-refractivity contribution in [2.24, 2.45) is 0 Å². The topological polar surface area (TPSA) is 80.5 Å². The number of benzene rings is 2. The summed E-state index contributed by atoms with van der Waals surface area (Å²) >= 11 is 0. The van der Waals surface area contributed by atoms with Gasteiger partial charge in [-0.15, -0.1) is 5.10 Å². The number of carbonyl (C=O) groups is 1. The number of nitrogens with one attached hydrogen (secondary N) is 1. The van der Waals surface area contributed by atoms with Crippen LogP contribution in [0.5, 0.6) is 5.75 Å². The molecule has 1 unspecified atom stereocenters. The molecule has 2 aromatic carbocycles. The number of methoxy groups -OCH3 is 1. The van der Waals surface area contributed by atoms with Crippen LogP contribution in [0.3, 0.4) is 0 Å². The van der Waals surface area contributed by atoms with Gasteiger partial charge in [0.1, 0.15) is 5.75 Å². The Morgan fingerprint density at radius 1 is 1.18 bits per heavy atom. The average molecular weight is 378 g/mol. The van der Waals surface area contributed by atoms with Gasteiger partial charge in [0.15, 0.2) is 0 Å². The highest BCUT2D eigenvalue weighted by molar-refractivity contribution is 5.79. The van der Waals surface area contributed by atoms with E-state index in [1.165, 1.54) is 0 Å². The van der Waals surface area contributed by atoms with Gasteiger partial charge in [-0.25, -0.2) is 0 Å². The molecule has 1 atom stereocenters. The number of anilines is 1. The first-order chi connectivity index (χ1) is 13.7. The number of ether oxygens (including phenoxy) is 1. The summed E-state index contributed by atoms with van der Waals surface area (Å²) in [5.74, 6) is 1.35. The van der Waals surface area contributed by atoms with Gasteiger partial charge in [-0.1, -0.05) is 35.4 Å². The molecule has 1 fully saturated rings. The first kappa shape index (κ1) is 18.0. The van der Waals surface area contributed by atoms with E-state index in [1.807, 2.05) is 59.5 Å². The van der Waals surface area contributed by atoms with Gasteiger partial charge in [0.2, 0.25) is 11.8 Å². The predicted molar refractivity (Wildman–Crippen MR) is 105 cm³/mol. The molecule has 144 valence electrons. The van der Waals surface area contributed by atoms with Crippen LogP contribution in [0.4, 0.5) is 6.01 Å². The van der Waals surface area contributed by atoms with Crippen molar-refractivity contribution < 1.29 is 13.9 Å². The van der Waals surface area contributed by atoms with E-state index in [0.717, 1.165) is 29.8 Å². The van der Waals surface area contributed by atoms with Gasteiger partial charge in [0.05, 0.1) is 13.5 Å². The van der Waals surface area contributed by atoms with E-state index in [4.69, 9.17) is 9.15 Å². The number of hydrogen-bond acceptors (Lipinski definition) is 6. The Morgan fingerprint density at radius 3 is 2.71 bits per heavy atom. The third kappa shape index (κ3) is 4.14. The quantitative estimate of drug-likeness (QED) is 0.710. The zero-order valence-corrected chi connectivity index (χ0v) is 15.7. The van der Waals surface area contributed by atoms with Crippen LogP contribution >= 0.6 is 0 Å². The first-order valence-corrected chi connectivity index (χ1v) is 9.27. The zero-order valence-electron chi connectivity index (χ0n) is 15.7. The highest BCUT2D eigenvalue weighted by atomic mass is 16.5. The maximum absolute atomic E-state index is 12.5. The van der Waals surface area contributed by atoms with Gasteiger partial charge in [0, 0.05) is 24.7 Å². The summed E-state index contributed by atoms with van der Waals surface area (Å²) < 4.78 is 10.9. The zero-order chi connectivity index (χ0) is 19.3. The molecule has 0 radical (unpaired) electrons. The Hall–Kier alpha value is -3.35. The molecule has 0 aliphatic carbocycles. The van der Waals surface area contributed by atoms with Crippen LogP contribution in [0.2, 0.25) is 0 Å². The van der Waals surface area contributed by atoms with Crippen molar-refractivity contribution >= 4 is 11.9 Å². The average Bonchev–Trinajstić information content (AvgIpc) is 3.39. The molecule has 7 heteroatoms. The molecule has 1 aliphatic rings. The standard InChI is InChI=1S/C21H22N4O3/c1-27-18-9-7-16(8-10-18)20-23-24-21(28-20)22-17-11-12-25(14-17)19(26)13-15-5-3-2-4-6-15/h2-10,17H,11-14H2,1H3,(H,22,24). The second-order valence-corrected chi connectivity index (χ2v) is 6.77. The van der Waals surface area contributed by atoms with Crippen LogP contribution in [0.15, 0.2) is 59.0 Å². The van der Waals surface area contributed by atoms with E-state index < -0.39 is 0 Å². The summed E-state index contributed by atoms with van der Waals surface area (Å²) in [6, 6.07) is 17.7. The van der Waals surface area contributed by atoms with Crippen LogP contribution in [0, 0.1) is 0 Å².